The lowest BCUT2D eigenvalue weighted by Gasteiger charge is -2.13. The number of rotatable bonds is 5. The molecule has 0 saturated carbocycles. The summed E-state index contributed by atoms with van der Waals surface area (Å²) in [5.74, 6) is -0.460. The average molecular weight is 410 g/mol. The Labute approximate surface area is 174 Å². The number of amides is 1. The van der Waals surface area contributed by atoms with E-state index in [0.29, 0.717) is 10.7 Å². The smallest absolute Gasteiger partial charge is 0.311 e. The molecule has 0 aliphatic carbocycles. The quantitative estimate of drug-likeness (QED) is 0.702. The van der Waals surface area contributed by atoms with Crippen molar-refractivity contribution < 1.29 is 14.3 Å². The number of aryl methyl sites for hydroxylation is 1. The van der Waals surface area contributed by atoms with Gasteiger partial charge in [-0.2, -0.15) is 0 Å². The predicted molar refractivity (Wildman–Crippen MR) is 119 cm³/mol. The predicted octanol–water partition coefficient (Wildman–Crippen LogP) is 4.66. The van der Waals surface area contributed by atoms with Gasteiger partial charge >= 0.3 is 5.97 Å². The number of anilines is 2. The highest BCUT2D eigenvalue weighted by molar-refractivity contribution is 8.15. The number of nitrogens with zero attached hydrogens (tertiary/aromatic N) is 1. The van der Waals surface area contributed by atoms with E-state index in [9.17, 15) is 9.59 Å². The third-order valence-electron chi connectivity index (χ3n) is 4.36. The van der Waals surface area contributed by atoms with Crippen LogP contribution in [0.25, 0.3) is 0 Å². The Hall–Kier alpha value is -3.06. The molecule has 0 fully saturated rings. The summed E-state index contributed by atoms with van der Waals surface area (Å²) < 4.78 is 4.78. The van der Waals surface area contributed by atoms with Crippen LogP contribution in [0.2, 0.25) is 0 Å². The molecule has 0 saturated heterocycles. The van der Waals surface area contributed by atoms with E-state index in [0.717, 1.165) is 22.6 Å². The number of hydrogen-bond acceptors (Lipinski definition) is 6. The molecule has 7 heteroatoms. The first kappa shape index (κ1) is 20.7. The molecule has 0 spiro atoms. The number of ether oxygens (including phenoxy) is 1. The number of hydrogen-bond donors (Lipinski definition) is 2. The number of para-hydroxylation sites is 3. The van der Waals surface area contributed by atoms with Crippen molar-refractivity contribution in [3.8, 4) is 0 Å². The molecule has 150 valence electrons. The number of esters is 1. The van der Waals surface area contributed by atoms with Crippen molar-refractivity contribution in [2.45, 2.75) is 25.5 Å². The molecule has 0 aromatic heterocycles. The molecule has 1 aliphatic rings. The fourth-order valence-electron chi connectivity index (χ4n) is 2.75. The Morgan fingerprint density at radius 3 is 2.66 bits per heavy atom. The number of methoxy groups -OCH3 is 1. The molecule has 1 heterocycles. The maximum absolute atomic E-state index is 12.7. The lowest BCUT2D eigenvalue weighted by molar-refractivity contribution is -0.139. The van der Waals surface area contributed by atoms with Crippen molar-refractivity contribution in [3.63, 3.8) is 0 Å². The first-order valence-corrected chi connectivity index (χ1v) is 10.1. The summed E-state index contributed by atoms with van der Waals surface area (Å²) in [6, 6.07) is 15.2. The van der Waals surface area contributed by atoms with E-state index < -0.39 is 0 Å². The van der Waals surface area contributed by atoms with E-state index in [1.54, 1.807) is 6.08 Å². The molecule has 0 bridgehead atoms. The fourth-order valence-corrected chi connectivity index (χ4v) is 3.64. The highest BCUT2D eigenvalue weighted by atomic mass is 32.2. The molecule has 0 radical (unpaired) electrons. The second-order valence-electron chi connectivity index (χ2n) is 6.58. The second kappa shape index (κ2) is 9.43. The van der Waals surface area contributed by atoms with Crippen LogP contribution < -0.4 is 10.6 Å². The normalized spacial score (nSPS) is 13.8. The standard InChI is InChI=1S/C22H23N3O3S/c1-14-8-4-5-9-17(14)25-22(27)15(2)29-20-12-16(13-21(26)28-3)23-18-10-6-7-11-19(18)24-20/h4-12,15,23H,13H2,1-3H3,(H,25,27)/t15-/m0/s1. The zero-order valence-electron chi connectivity index (χ0n) is 16.6. The lowest BCUT2D eigenvalue weighted by Crippen LogP contribution is -2.24. The summed E-state index contributed by atoms with van der Waals surface area (Å²) in [7, 11) is 1.36. The largest absolute Gasteiger partial charge is 0.469 e. The first-order valence-electron chi connectivity index (χ1n) is 9.21. The minimum atomic E-state index is -0.380. The Kier molecular flexibility index (Phi) is 6.72. The van der Waals surface area contributed by atoms with Gasteiger partial charge in [-0.1, -0.05) is 42.1 Å². The van der Waals surface area contributed by atoms with Crippen LogP contribution in [0.3, 0.4) is 0 Å². The number of benzene rings is 2. The number of aliphatic imine (C=N–C) groups is 1. The van der Waals surface area contributed by atoms with Gasteiger partial charge < -0.3 is 15.4 Å². The lowest BCUT2D eigenvalue weighted by atomic mass is 10.2. The first-order chi connectivity index (χ1) is 14.0. The van der Waals surface area contributed by atoms with Gasteiger partial charge in [0.05, 0.1) is 35.2 Å². The van der Waals surface area contributed by atoms with Crippen LogP contribution >= 0.6 is 11.8 Å². The Balaban J connectivity index is 1.80. The van der Waals surface area contributed by atoms with Crippen LogP contribution in [-0.4, -0.2) is 29.3 Å². The molecule has 6 nitrogen and oxygen atoms in total. The topological polar surface area (TPSA) is 79.8 Å². The van der Waals surface area contributed by atoms with E-state index in [1.807, 2.05) is 62.4 Å². The second-order valence-corrected chi connectivity index (χ2v) is 7.94. The number of carbonyl (C=O) groups is 2. The zero-order valence-corrected chi connectivity index (χ0v) is 17.4. The minimum Gasteiger partial charge on any atom is -0.469 e. The highest BCUT2D eigenvalue weighted by Crippen LogP contribution is 2.32. The molecule has 1 amide bonds. The average Bonchev–Trinajstić information content (AvgIpc) is 2.87. The SMILES string of the molecule is COC(=O)CC1=CC(S[C@@H](C)C(=O)Nc2ccccc2C)=Nc2ccccc2N1. The molecule has 1 atom stereocenters. The Bertz CT molecular complexity index is 985. The van der Waals surface area contributed by atoms with Crippen molar-refractivity contribution in [1.29, 1.82) is 0 Å². The van der Waals surface area contributed by atoms with Gasteiger partial charge in [0.25, 0.3) is 0 Å². The molecule has 1 aliphatic heterocycles. The molecule has 2 aromatic carbocycles. The number of nitrogens with one attached hydrogen (secondary N) is 2. The van der Waals surface area contributed by atoms with Gasteiger partial charge in [-0.05, 0) is 43.7 Å². The van der Waals surface area contributed by atoms with Gasteiger partial charge in [-0.15, -0.1) is 0 Å². The van der Waals surface area contributed by atoms with E-state index in [4.69, 9.17) is 4.74 Å². The van der Waals surface area contributed by atoms with Crippen molar-refractivity contribution in [3.05, 3.63) is 65.9 Å². The van der Waals surface area contributed by atoms with Crippen LogP contribution in [0.5, 0.6) is 0 Å². The van der Waals surface area contributed by atoms with Gasteiger partial charge in [0.15, 0.2) is 0 Å². The monoisotopic (exact) mass is 409 g/mol. The van der Waals surface area contributed by atoms with Crippen LogP contribution in [-0.2, 0) is 14.3 Å². The van der Waals surface area contributed by atoms with Crippen molar-refractivity contribution >= 4 is 45.7 Å². The summed E-state index contributed by atoms with van der Waals surface area (Å²) in [6.45, 7) is 3.78. The third-order valence-corrected chi connectivity index (χ3v) is 5.38. The van der Waals surface area contributed by atoms with E-state index in [1.165, 1.54) is 18.9 Å². The summed E-state index contributed by atoms with van der Waals surface area (Å²) in [6.07, 6.45) is 1.88. The van der Waals surface area contributed by atoms with Crippen LogP contribution in [0.15, 0.2) is 65.3 Å². The molecule has 3 rings (SSSR count). The number of thioether (sulfide) groups is 1. The van der Waals surface area contributed by atoms with Gasteiger partial charge in [-0.25, -0.2) is 4.99 Å². The summed E-state index contributed by atoms with van der Waals surface area (Å²) >= 11 is 1.34. The summed E-state index contributed by atoms with van der Waals surface area (Å²) in [5.41, 5.74) is 4.01. The number of fused-ring (bicyclic) bond motifs is 1. The third kappa shape index (κ3) is 5.48. The van der Waals surface area contributed by atoms with Crippen LogP contribution in [0.1, 0.15) is 18.9 Å². The maximum Gasteiger partial charge on any atom is 0.311 e. The van der Waals surface area contributed by atoms with Gasteiger partial charge in [0, 0.05) is 11.4 Å². The maximum atomic E-state index is 12.7. The van der Waals surface area contributed by atoms with Gasteiger partial charge in [0.1, 0.15) is 0 Å². The van der Waals surface area contributed by atoms with Crippen molar-refractivity contribution in [2.24, 2.45) is 4.99 Å². The molecule has 2 aromatic rings. The summed E-state index contributed by atoms with van der Waals surface area (Å²) in [4.78, 5) is 29.1. The molecule has 2 N–H and O–H groups in total. The van der Waals surface area contributed by atoms with Crippen molar-refractivity contribution in [2.75, 3.05) is 17.7 Å². The number of carbonyl (C=O) groups excluding carboxylic acids is 2. The van der Waals surface area contributed by atoms with E-state index in [2.05, 4.69) is 15.6 Å². The fraction of sp³-hybridized carbons (Fsp3) is 0.227. The molecule has 29 heavy (non-hydrogen) atoms. The molecular formula is C22H23N3O3S. The Morgan fingerprint density at radius 1 is 1.17 bits per heavy atom. The molecule has 0 unspecified atom stereocenters. The molecular weight excluding hydrogens is 386 g/mol. The van der Waals surface area contributed by atoms with Crippen LogP contribution in [0, 0.1) is 6.92 Å². The van der Waals surface area contributed by atoms with E-state index >= 15 is 0 Å². The Morgan fingerprint density at radius 2 is 1.90 bits per heavy atom. The zero-order chi connectivity index (χ0) is 20.8. The van der Waals surface area contributed by atoms with E-state index in [-0.39, 0.29) is 23.5 Å². The minimum absolute atomic E-state index is 0.0915. The summed E-state index contributed by atoms with van der Waals surface area (Å²) in [5, 5.41) is 6.46. The van der Waals surface area contributed by atoms with Gasteiger partial charge in [0.2, 0.25) is 5.91 Å². The van der Waals surface area contributed by atoms with Crippen molar-refractivity contribution in [1.82, 2.24) is 0 Å². The van der Waals surface area contributed by atoms with Crippen LogP contribution in [0.4, 0.5) is 17.1 Å². The highest BCUT2D eigenvalue weighted by Gasteiger charge is 2.20. The van der Waals surface area contributed by atoms with Gasteiger partial charge in [-0.3, -0.25) is 9.59 Å².